The maximum Gasteiger partial charge on any atom is 0.225 e. The smallest absolute Gasteiger partial charge is 0.225 e. The lowest BCUT2D eigenvalue weighted by Gasteiger charge is -2.07. The Morgan fingerprint density at radius 2 is 1.90 bits per heavy atom. The van der Waals surface area contributed by atoms with E-state index in [-0.39, 0.29) is 5.91 Å². The number of thiazole rings is 1. The molecule has 1 aromatic carbocycles. The summed E-state index contributed by atoms with van der Waals surface area (Å²) in [5, 5.41) is 3.97. The number of benzene rings is 1. The van der Waals surface area contributed by atoms with E-state index in [0.29, 0.717) is 12.3 Å². The molecule has 0 saturated carbocycles. The molecule has 1 amide bonds. The van der Waals surface area contributed by atoms with Crippen molar-refractivity contribution < 1.29 is 4.79 Å². The van der Waals surface area contributed by atoms with Gasteiger partial charge in [-0.05, 0) is 19.8 Å². The van der Waals surface area contributed by atoms with E-state index in [2.05, 4.69) is 55.3 Å². The molecular weight excluding hydrogens is 280 g/mol. The molecule has 0 radical (unpaired) electrons. The van der Waals surface area contributed by atoms with Crippen LogP contribution in [-0.4, -0.2) is 17.4 Å². The lowest BCUT2D eigenvalue weighted by atomic mass is 10.1. The van der Waals surface area contributed by atoms with Crippen molar-refractivity contribution >= 4 is 17.2 Å². The topological polar surface area (TPSA) is 42.0 Å². The first kappa shape index (κ1) is 15.7. The Kier molecular flexibility index (Phi) is 5.12. The molecule has 0 aliphatic rings. The second-order valence-corrected chi connectivity index (χ2v) is 7.03. The van der Waals surface area contributed by atoms with Crippen LogP contribution in [0.15, 0.2) is 24.3 Å². The van der Waals surface area contributed by atoms with Gasteiger partial charge in [0.05, 0.1) is 17.1 Å². The van der Waals surface area contributed by atoms with Crippen LogP contribution in [0.3, 0.4) is 0 Å². The number of amides is 1. The highest BCUT2D eigenvalue weighted by atomic mass is 32.1. The number of nitrogens with one attached hydrogen (secondary N) is 1. The van der Waals surface area contributed by atoms with Crippen molar-refractivity contribution in [2.45, 2.75) is 34.1 Å². The average Bonchev–Trinajstić information content (AvgIpc) is 2.78. The maximum absolute atomic E-state index is 12.0. The summed E-state index contributed by atoms with van der Waals surface area (Å²) < 4.78 is 0. The Morgan fingerprint density at radius 3 is 2.52 bits per heavy atom. The summed E-state index contributed by atoms with van der Waals surface area (Å²) in [5.74, 6) is 0.537. The van der Waals surface area contributed by atoms with Gasteiger partial charge in [-0.1, -0.05) is 43.7 Å². The molecule has 0 fully saturated rings. The molecule has 2 aromatic rings. The molecule has 1 aromatic heterocycles. The molecule has 0 atom stereocenters. The standard InChI is InChI=1S/C17H22N2OS/c1-11(2)10-18-16(20)9-15-17(19-13(4)21-15)14-7-5-12(3)6-8-14/h5-8,11H,9-10H2,1-4H3,(H,18,20). The van der Waals surface area contributed by atoms with E-state index in [4.69, 9.17) is 0 Å². The summed E-state index contributed by atoms with van der Waals surface area (Å²) >= 11 is 1.60. The van der Waals surface area contributed by atoms with Crippen molar-refractivity contribution in [3.8, 4) is 11.3 Å². The van der Waals surface area contributed by atoms with Gasteiger partial charge in [-0.15, -0.1) is 11.3 Å². The quantitative estimate of drug-likeness (QED) is 0.914. The molecule has 3 nitrogen and oxygen atoms in total. The zero-order chi connectivity index (χ0) is 15.4. The Morgan fingerprint density at radius 1 is 1.24 bits per heavy atom. The molecule has 1 N–H and O–H groups in total. The SMILES string of the molecule is Cc1ccc(-c2nc(C)sc2CC(=O)NCC(C)C)cc1. The van der Waals surface area contributed by atoms with Crippen molar-refractivity contribution in [2.24, 2.45) is 5.92 Å². The Balaban J connectivity index is 2.17. The van der Waals surface area contributed by atoms with Crippen LogP contribution in [0.1, 0.15) is 29.3 Å². The minimum absolute atomic E-state index is 0.0701. The van der Waals surface area contributed by atoms with Gasteiger partial charge in [0.2, 0.25) is 5.91 Å². The van der Waals surface area contributed by atoms with E-state index < -0.39 is 0 Å². The summed E-state index contributed by atoms with van der Waals surface area (Å²) in [4.78, 5) is 17.7. The third-order valence-electron chi connectivity index (χ3n) is 3.16. The molecule has 0 bridgehead atoms. The summed E-state index contributed by atoms with van der Waals surface area (Å²) in [7, 11) is 0. The van der Waals surface area contributed by atoms with E-state index in [1.54, 1.807) is 11.3 Å². The van der Waals surface area contributed by atoms with Crippen LogP contribution < -0.4 is 5.32 Å². The molecular formula is C17H22N2OS. The van der Waals surface area contributed by atoms with Crippen molar-refractivity contribution in [2.75, 3.05) is 6.54 Å². The highest BCUT2D eigenvalue weighted by molar-refractivity contribution is 7.12. The van der Waals surface area contributed by atoms with Gasteiger partial charge in [-0.25, -0.2) is 4.98 Å². The zero-order valence-corrected chi connectivity index (χ0v) is 13.9. The van der Waals surface area contributed by atoms with Crippen LogP contribution in [0.2, 0.25) is 0 Å². The third-order valence-corrected chi connectivity index (χ3v) is 4.13. The summed E-state index contributed by atoms with van der Waals surface area (Å²) in [6.07, 6.45) is 0.404. The van der Waals surface area contributed by atoms with Crippen LogP contribution in [0.4, 0.5) is 0 Å². The van der Waals surface area contributed by atoms with Crippen LogP contribution in [0.5, 0.6) is 0 Å². The fourth-order valence-corrected chi connectivity index (χ4v) is 3.01. The van der Waals surface area contributed by atoms with Gasteiger partial charge in [0.25, 0.3) is 0 Å². The number of hydrogen-bond donors (Lipinski definition) is 1. The highest BCUT2D eigenvalue weighted by Gasteiger charge is 2.14. The van der Waals surface area contributed by atoms with Crippen LogP contribution in [0.25, 0.3) is 11.3 Å². The number of nitrogens with zero attached hydrogens (tertiary/aromatic N) is 1. The number of carbonyl (C=O) groups is 1. The largest absolute Gasteiger partial charge is 0.356 e. The number of aromatic nitrogens is 1. The van der Waals surface area contributed by atoms with Gasteiger partial charge in [0, 0.05) is 17.0 Å². The van der Waals surface area contributed by atoms with E-state index in [1.807, 2.05) is 6.92 Å². The second-order valence-electron chi connectivity index (χ2n) is 5.75. The summed E-state index contributed by atoms with van der Waals surface area (Å²) in [6, 6.07) is 8.29. The zero-order valence-electron chi connectivity index (χ0n) is 13.1. The molecule has 21 heavy (non-hydrogen) atoms. The Hall–Kier alpha value is -1.68. The van der Waals surface area contributed by atoms with Gasteiger partial charge < -0.3 is 5.32 Å². The monoisotopic (exact) mass is 302 g/mol. The lowest BCUT2D eigenvalue weighted by molar-refractivity contribution is -0.120. The van der Waals surface area contributed by atoms with E-state index in [0.717, 1.165) is 27.7 Å². The van der Waals surface area contributed by atoms with E-state index in [1.165, 1.54) is 5.56 Å². The highest BCUT2D eigenvalue weighted by Crippen LogP contribution is 2.28. The fourth-order valence-electron chi connectivity index (χ4n) is 2.05. The van der Waals surface area contributed by atoms with E-state index >= 15 is 0 Å². The van der Waals surface area contributed by atoms with Gasteiger partial charge in [0.15, 0.2) is 0 Å². The average molecular weight is 302 g/mol. The van der Waals surface area contributed by atoms with Crippen LogP contribution in [0, 0.1) is 19.8 Å². The number of aryl methyl sites for hydroxylation is 2. The summed E-state index contributed by atoms with van der Waals surface area (Å²) in [6.45, 7) is 8.95. The predicted octanol–water partition coefficient (Wildman–Crippen LogP) is 3.74. The molecule has 0 aliphatic carbocycles. The summed E-state index contributed by atoms with van der Waals surface area (Å²) in [5.41, 5.74) is 3.25. The second kappa shape index (κ2) is 6.85. The number of rotatable bonds is 5. The lowest BCUT2D eigenvalue weighted by Crippen LogP contribution is -2.28. The number of carbonyl (C=O) groups excluding carboxylic acids is 1. The molecule has 2 rings (SSSR count). The van der Waals surface area contributed by atoms with Gasteiger partial charge in [-0.2, -0.15) is 0 Å². The first-order valence-corrected chi connectivity index (χ1v) is 8.07. The molecule has 1 heterocycles. The number of hydrogen-bond acceptors (Lipinski definition) is 3. The van der Waals surface area contributed by atoms with Crippen molar-refractivity contribution in [1.82, 2.24) is 10.3 Å². The van der Waals surface area contributed by atoms with Crippen molar-refractivity contribution in [3.05, 3.63) is 39.7 Å². The first-order valence-electron chi connectivity index (χ1n) is 7.25. The van der Waals surface area contributed by atoms with Gasteiger partial charge in [-0.3, -0.25) is 4.79 Å². The minimum Gasteiger partial charge on any atom is -0.356 e. The van der Waals surface area contributed by atoms with Gasteiger partial charge >= 0.3 is 0 Å². The molecule has 0 saturated heterocycles. The maximum atomic E-state index is 12.0. The van der Waals surface area contributed by atoms with Crippen LogP contribution in [-0.2, 0) is 11.2 Å². The first-order chi connectivity index (χ1) is 9.95. The molecule has 0 spiro atoms. The van der Waals surface area contributed by atoms with Crippen molar-refractivity contribution in [3.63, 3.8) is 0 Å². The van der Waals surface area contributed by atoms with Crippen LogP contribution >= 0.6 is 11.3 Å². The van der Waals surface area contributed by atoms with Gasteiger partial charge in [0.1, 0.15) is 0 Å². The molecule has 4 heteroatoms. The fraction of sp³-hybridized carbons (Fsp3) is 0.412. The normalized spacial score (nSPS) is 10.9. The molecule has 112 valence electrons. The third kappa shape index (κ3) is 4.39. The molecule has 0 unspecified atom stereocenters. The minimum atomic E-state index is 0.0701. The Bertz CT molecular complexity index is 614. The Labute approximate surface area is 130 Å². The predicted molar refractivity (Wildman–Crippen MR) is 88.6 cm³/mol. The van der Waals surface area contributed by atoms with E-state index in [9.17, 15) is 4.79 Å². The molecule has 0 aliphatic heterocycles. The van der Waals surface area contributed by atoms with Crippen molar-refractivity contribution in [1.29, 1.82) is 0 Å².